The molecule has 16 nitrogen and oxygen atoms in total. The zero-order chi connectivity index (χ0) is 29.8. The van der Waals surface area contributed by atoms with Gasteiger partial charge < -0.3 is 25.5 Å². The van der Waals surface area contributed by atoms with Crippen LogP contribution in [0.15, 0.2) is 24.3 Å². The maximum Gasteiger partial charge on any atom is 0.407 e. The minimum atomic E-state index is -1.15. The van der Waals surface area contributed by atoms with E-state index in [9.17, 15) is 34.5 Å². The predicted molar refractivity (Wildman–Crippen MR) is 144 cm³/mol. The molecule has 16 heteroatoms. The number of rotatable bonds is 9. The number of aryl methyl sites for hydroxylation is 1. The maximum absolute atomic E-state index is 12.8. The van der Waals surface area contributed by atoms with Crippen molar-refractivity contribution in [2.45, 2.75) is 13.5 Å². The van der Waals surface area contributed by atoms with Crippen LogP contribution in [-0.4, -0.2) is 151 Å². The smallest absolute Gasteiger partial charge is 0.407 e. The molecule has 0 aliphatic carbocycles. The molecule has 1 aromatic carbocycles. The van der Waals surface area contributed by atoms with Gasteiger partial charge in [0.1, 0.15) is 0 Å². The van der Waals surface area contributed by atoms with Crippen molar-refractivity contribution in [3.63, 3.8) is 0 Å². The van der Waals surface area contributed by atoms with Crippen molar-refractivity contribution in [1.29, 1.82) is 0 Å². The van der Waals surface area contributed by atoms with Crippen molar-refractivity contribution in [3.8, 4) is 11.4 Å². The lowest BCUT2D eigenvalue weighted by Crippen LogP contribution is -2.50. The lowest BCUT2D eigenvalue weighted by molar-refractivity contribution is -0.139. The Kier molecular flexibility index (Phi) is 11.8. The van der Waals surface area contributed by atoms with Crippen LogP contribution in [0.5, 0.6) is 0 Å². The van der Waals surface area contributed by atoms with E-state index in [1.807, 2.05) is 29.2 Å². The number of carboxylic acid groups (broad SMARTS) is 3. The number of nitrogens with zero attached hydrogens (tertiary/aromatic N) is 8. The zero-order valence-corrected chi connectivity index (χ0v) is 22.8. The maximum atomic E-state index is 12.8. The molecule has 222 valence electrons. The molecule has 1 aliphatic rings. The summed E-state index contributed by atoms with van der Waals surface area (Å²) in [6, 6.07) is 7.29. The van der Waals surface area contributed by atoms with Gasteiger partial charge in [-0.1, -0.05) is 24.3 Å². The first kappa shape index (κ1) is 31.3. The van der Waals surface area contributed by atoms with E-state index in [0.717, 1.165) is 16.0 Å². The van der Waals surface area contributed by atoms with Crippen molar-refractivity contribution >= 4 is 23.9 Å². The van der Waals surface area contributed by atoms with Gasteiger partial charge in [-0.2, -0.15) is 0 Å². The number of aliphatic carboxylic acids is 2. The molecule has 1 saturated heterocycles. The van der Waals surface area contributed by atoms with Gasteiger partial charge in [0.05, 0.1) is 19.6 Å². The number of carbonyl (C=O) groups excluding carboxylic acids is 1. The molecule has 1 fully saturated rings. The molecule has 0 saturated carbocycles. The monoisotopic (exact) mass is 573 g/mol. The number of carbonyl (C=O) groups is 4. The largest absolute Gasteiger partial charge is 0.480 e. The van der Waals surface area contributed by atoms with Gasteiger partial charge in [-0.3, -0.25) is 29.1 Å². The summed E-state index contributed by atoms with van der Waals surface area (Å²) in [5, 5.41) is 46.8. The number of nitrogens with one attached hydrogen (secondary N) is 1. The first-order chi connectivity index (χ1) is 19.6. The molecule has 0 atom stereocenters. The normalized spacial score (nSPS) is 16.4. The molecule has 0 spiro atoms. The fourth-order valence-corrected chi connectivity index (χ4v) is 4.21. The Bertz CT molecular complexity index is 1150. The lowest BCUT2D eigenvalue weighted by atomic mass is 10.1. The number of hydrogen-bond acceptors (Lipinski definition) is 11. The Labute approximate surface area is 236 Å². The van der Waals surface area contributed by atoms with Gasteiger partial charge in [-0.05, 0) is 12.5 Å². The highest BCUT2D eigenvalue weighted by Gasteiger charge is 2.21. The molecule has 1 aromatic heterocycles. The molecule has 2 amide bonds. The van der Waals surface area contributed by atoms with Crippen LogP contribution in [0.4, 0.5) is 4.79 Å². The van der Waals surface area contributed by atoms with E-state index >= 15 is 0 Å². The van der Waals surface area contributed by atoms with Crippen molar-refractivity contribution in [3.05, 3.63) is 35.7 Å². The fraction of sp³-hybridized carbons (Fsp3) is 0.520. The summed E-state index contributed by atoms with van der Waals surface area (Å²) >= 11 is 0. The molecule has 3 rings (SSSR count). The standard InChI is InChI=1S/C25H35N9O7/c1-18-27-29-24(30-28-18)20-4-2-19(3-5-20)14-26-21(35)15-31-6-8-32(16-22(36)37)10-12-34(25(40)41)13-11-33(9-7-31)17-23(38)39/h2-5H,6-17H2,1H3,(H,26,35)(H,36,37)(H,38,39)(H,40,41). The second-order valence-electron chi connectivity index (χ2n) is 9.63. The Morgan fingerprint density at radius 3 is 1.63 bits per heavy atom. The van der Waals surface area contributed by atoms with E-state index < -0.39 is 18.0 Å². The Morgan fingerprint density at radius 1 is 0.707 bits per heavy atom. The van der Waals surface area contributed by atoms with Crippen molar-refractivity contribution in [1.82, 2.24) is 45.3 Å². The second kappa shape index (κ2) is 15.5. The van der Waals surface area contributed by atoms with Crippen molar-refractivity contribution in [2.75, 3.05) is 72.0 Å². The average Bonchev–Trinajstić information content (AvgIpc) is 2.92. The highest BCUT2D eigenvalue weighted by molar-refractivity contribution is 5.78. The van der Waals surface area contributed by atoms with E-state index in [2.05, 4.69) is 25.7 Å². The number of amides is 2. The molecule has 41 heavy (non-hydrogen) atoms. The number of benzene rings is 1. The molecule has 4 N–H and O–H groups in total. The highest BCUT2D eigenvalue weighted by Crippen LogP contribution is 2.14. The van der Waals surface area contributed by atoms with Gasteiger partial charge >= 0.3 is 18.0 Å². The molecule has 1 aliphatic heterocycles. The summed E-state index contributed by atoms with van der Waals surface area (Å²) in [4.78, 5) is 53.5. The van der Waals surface area contributed by atoms with E-state index in [4.69, 9.17) is 0 Å². The summed E-state index contributed by atoms with van der Waals surface area (Å²) < 4.78 is 0. The third-order valence-electron chi connectivity index (χ3n) is 6.47. The van der Waals surface area contributed by atoms with Crippen LogP contribution in [0, 0.1) is 6.92 Å². The van der Waals surface area contributed by atoms with Crippen LogP contribution >= 0.6 is 0 Å². The SMILES string of the molecule is Cc1nnc(-c2ccc(CNC(=O)CN3CCN(CC(=O)O)CCN(C(=O)O)CCN(CC(=O)O)CC3)cc2)nn1. The Balaban J connectivity index is 1.61. The van der Waals surface area contributed by atoms with Crippen molar-refractivity contribution < 1.29 is 34.5 Å². The minimum Gasteiger partial charge on any atom is -0.480 e. The van der Waals surface area contributed by atoms with E-state index in [0.29, 0.717) is 24.7 Å². The third kappa shape index (κ3) is 11.0. The van der Waals surface area contributed by atoms with Crippen LogP contribution in [0.25, 0.3) is 11.4 Å². The highest BCUT2D eigenvalue weighted by atomic mass is 16.4. The van der Waals surface area contributed by atoms with Gasteiger partial charge in [0, 0.05) is 64.5 Å². The number of aromatic nitrogens is 4. The third-order valence-corrected chi connectivity index (χ3v) is 6.47. The molecular weight excluding hydrogens is 538 g/mol. The van der Waals surface area contributed by atoms with Crippen LogP contribution < -0.4 is 5.32 Å². The Morgan fingerprint density at radius 2 is 1.17 bits per heavy atom. The summed E-state index contributed by atoms with van der Waals surface area (Å²) in [6.07, 6.45) is -1.15. The fourth-order valence-electron chi connectivity index (χ4n) is 4.21. The number of hydrogen-bond donors (Lipinski definition) is 4. The lowest BCUT2D eigenvalue weighted by Gasteiger charge is -2.32. The summed E-state index contributed by atoms with van der Waals surface area (Å²) in [6.45, 7) is 3.23. The minimum absolute atomic E-state index is 0.0235. The van der Waals surface area contributed by atoms with E-state index in [1.54, 1.807) is 16.7 Å². The van der Waals surface area contributed by atoms with Crippen LogP contribution in [0.2, 0.25) is 0 Å². The van der Waals surface area contributed by atoms with Crippen LogP contribution in [0.3, 0.4) is 0 Å². The topological polar surface area (TPSA) is 206 Å². The van der Waals surface area contributed by atoms with Gasteiger partial charge in [0.15, 0.2) is 5.82 Å². The molecular formula is C25H35N9O7. The molecule has 0 bridgehead atoms. The van der Waals surface area contributed by atoms with Crippen LogP contribution in [-0.2, 0) is 20.9 Å². The summed E-state index contributed by atoms with van der Waals surface area (Å²) in [5.41, 5.74) is 1.59. The van der Waals surface area contributed by atoms with E-state index in [-0.39, 0.29) is 71.4 Å². The van der Waals surface area contributed by atoms with Gasteiger partial charge in [0.2, 0.25) is 11.7 Å². The first-order valence-electron chi connectivity index (χ1n) is 13.1. The quantitative estimate of drug-likeness (QED) is 0.282. The average molecular weight is 574 g/mol. The molecule has 2 heterocycles. The Hall–Kier alpha value is -4.28. The van der Waals surface area contributed by atoms with Gasteiger partial charge in [0.25, 0.3) is 0 Å². The second-order valence-corrected chi connectivity index (χ2v) is 9.63. The first-order valence-corrected chi connectivity index (χ1v) is 13.1. The predicted octanol–water partition coefficient (Wildman–Crippen LogP) is -1.07. The van der Waals surface area contributed by atoms with Gasteiger partial charge in [-0.25, -0.2) is 4.79 Å². The molecule has 0 unspecified atom stereocenters. The summed E-state index contributed by atoms with van der Waals surface area (Å²) in [7, 11) is 0. The van der Waals surface area contributed by atoms with Gasteiger partial charge in [-0.15, -0.1) is 20.4 Å². The summed E-state index contributed by atoms with van der Waals surface area (Å²) in [5.74, 6) is -1.46. The molecule has 0 radical (unpaired) electrons. The number of carboxylic acids is 2. The zero-order valence-electron chi connectivity index (χ0n) is 22.8. The van der Waals surface area contributed by atoms with E-state index in [1.165, 1.54) is 0 Å². The van der Waals surface area contributed by atoms with Crippen LogP contribution in [0.1, 0.15) is 11.4 Å². The molecule has 2 aromatic rings. The van der Waals surface area contributed by atoms with Crippen molar-refractivity contribution in [2.24, 2.45) is 0 Å².